The molecule has 0 atom stereocenters. The lowest BCUT2D eigenvalue weighted by Gasteiger charge is -1.98. The summed E-state index contributed by atoms with van der Waals surface area (Å²) in [6.07, 6.45) is 3.51. The van der Waals surface area contributed by atoms with Crippen LogP contribution in [0, 0.1) is 6.92 Å². The zero-order chi connectivity index (χ0) is 15.8. The first-order valence-electron chi connectivity index (χ1n) is 6.90. The van der Waals surface area contributed by atoms with E-state index in [9.17, 15) is 0 Å². The Hall–Kier alpha value is -3.29. The molecule has 8 nitrogen and oxygen atoms in total. The van der Waals surface area contributed by atoms with Gasteiger partial charge in [0.25, 0.3) is 5.89 Å². The number of hydrogen-bond donors (Lipinski definition) is 0. The Morgan fingerprint density at radius 2 is 1.96 bits per heavy atom. The minimum atomic E-state index is 0.422. The second kappa shape index (κ2) is 5.16. The van der Waals surface area contributed by atoms with Gasteiger partial charge in [-0.25, -0.2) is 4.98 Å². The fraction of sp³-hybridized carbons (Fsp3) is 0.133. The van der Waals surface area contributed by atoms with Gasteiger partial charge in [0.2, 0.25) is 11.7 Å². The van der Waals surface area contributed by atoms with Gasteiger partial charge >= 0.3 is 0 Å². The molecular weight excluding hydrogens is 296 g/mol. The topological polar surface area (TPSA) is 91.2 Å². The van der Waals surface area contributed by atoms with E-state index in [1.54, 1.807) is 19.4 Å². The summed E-state index contributed by atoms with van der Waals surface area (Å²) in [6, 6.07) is 7.30. The summed E-state index contributed by atoms with van der Waals surface area (Å²) >= 11 is 0. The predicted molar refractivity (Wildman–Crippen MR) is 80.8 cm³/mol. The molecule has 4 rings (SSSR count). The van der Waals surface area contributed by atoms with Crippen molar-refractivity contribution in [3.05, 3.63) is 42.5 Å². The second-order valence-corrected chi connectivity index (χ2v) is 4.91. The number of aryl methyl sites for hydroxylation is 1. The zero-order valence-electron chi connectivity index (χ0n) is 12.5. The number of methoxy groups -OCH3 is 1. The van der Waals surface area contributed by atoms with Gasteiger partial charge in [-0.3, -0.25) is 4.40 Å². The van der Waals surface area contributed by atoms with Crippen LogP contribution in [-0.4, -0.2) is 36.8 Å². The molecule has 0 radical (unpaired) electrons. The number of fused-ring (bicyclic) bond motifs is 1. The Bertz CT molecular complexity index is 973. The molecule has 8 heteroatoms. The number of aromatic nitrogens is 6. The van der Waals surface area contributed by atoms with Crippen molar-refractivity contribution in [2.45, 2.75) is 6.92 Å². The Kier molecular flexibility index (Phi) is 3.00. The first-order chi connectivity index (χ1) is 11.2. The van der Waals surface area contributed by atoms with Gasteiger partial charge in [0, 0.05) is 24.0 Å². The number of rotatable bonds is 3. The van der Waals surface area contributed by atoms with E-state index >= 15 is 0 Å². The van der Waals surface area contributed by atoms with Crippen molar-refractivity contribution in [3.63, 3.8) is 0 Å². The van der Waals surface area contributed by atoms with Crippen molar-refractivity contribution in [1.82, 2.24) is 29.7 Å². The highest BCUT2D eigenvalue weighted by Gasteiger charge is 2.12. The molecule has 0 unspecified atom stereocenters. The molecule has 0 aliphatic heterocycles. The lowest BCUT2D eigenvalue weighted by Crippen LogP contribution is -1.90. The molecule has 0 aromatic carbocycles. The molecule has 0 aliphatic rings. The third-order valence-electron chi connectivity index (χ3n) is 3.45. The first kappa shape index (κ1) is 13.4. The molecular formula is C15H12N6O2. The summed E-state index contributed by atoms with van der Waals surface area (Å²) in [6.45, 7) is 1.88. The fourth-order valence-electron chi connectivity index (χ4n) is 2.22. The van der Waals surface area contributed by atoms with Crippen LogP contribution in [-0.2, 0) is 0 Å². The first-order valence-corrected chi connectivity index (χ1v) is 6.90. The quantitative estimate of drug-likeness (QED) is 0.572. The summed E-state index contributed by atoms with van der Waals surface area (Å²) in [5.41, 5.74) is 2.31. The van der Waals surface area contributed by atoms with Gasteiger partial charge in [-0.15, -0.1) is 10.2 Å². The molecule has 0 spiro atoms. The van der Waals surface area contributed by atoms with Gasteiger partial charge in [-0.05, 0) is 25.1 Å². The van der Waals surface area contributed by atoms with Crippen molar-refractivity contribution < 1.29 is 9.26 Å². The van der Waals surface area contributed by atoms with Gasteiger partial charge in [0.15, 0.2) is 5.65 Å². The van der Waals surface area contributed by atoms with Crippen LogP contribution in [0.15, 0.2) is 41.2 Å². The van der Waals surface area contributed by atoms with Gasteiger partial charge in [0.1, 0.15) is 5.82 Å². The number of pyridine rings is 2. The highest BCUT2D eigenvalue weighted by molar-refractivity contribution is 5.60. The smallest absolute Gasteiger partial charge is 0.259 e. The largest absolute Gasteiger partial charge is 0.481 e. The van der Waals surface area contributed by atoms with Crippen molar-refractivity contribution >= 4 is 5.65 Å². The van der Waals surface area contributed by atoms with Crippen molar-refractivity contribution in [3.8, 4) is 28.7 Å². The van der Waals surface area contributed by atoms with Crippen LogP contribution in [0.1, 0.15) is 5.82 Å². The molecule has 114 valence electrons. The van der Waals surface area contributed by atoms with Gasteiger partial charge < -0.3 is 9.26 Å². The number of ether oxygens (including phenoxy) is 1. The maximum Gasteiger partial charge on any atom is 0.259 e. The van der Waals surface area contributed by atoms with Crippen molar-refractivity contribution in [2.24, 2.45) is 0 Å². The van der Waals surface area contributed by atoms with Crippen LogP contribution in [0.25, 0.3) is 28.5 Å². The molecule has 23 heavy (non-hydrogen) atoms. The summed E-state index contributed by atoms with van der Waals surface area (Å²) < 4.78 is 12.3. The lowest BCUT2D eigenvalue weighted by atomic mass is 10.2. The van der Waals surface area contributed by atoms with Crippen LogP contribution in [0.2, 0.25) is 0 Å². The summed E-state index contributed by atoms with van der Waals surface area (Å²) in [4.78, 5) is 8.55. The molecule has 0 aliphatic carbocycles. The molecule has 4 aromatic heterocycles. The molecule has 0 bridgehead atoms. The van der Waals surface area contributed by atoms with E-state index in [1.165, 1.54) is 0 Å². The zero-order valence-corrected chi connectivity index (χ0v) is 12.5. The van der Waals surface area contributed by atoms with Gasteiger partial charge in [0.05, 0.1) is 12.7 Å². The minimum absolute atomic E-state index is 0.422. The van der Waals surface area contributed by atoms with Crippen LogP contribution in [0.4, 0.5) is 0 Å². The average Bonchev–Trinajstić information content (AvgIpc) is 3.22. The van der Waals surface area contributed by atoms with E-state index < -0.39 is 0 Å². The molecule has 0 saturated heterocycles. The highest BCUT2D eigenvalue weighted by atomic mass is 16.5. The normalized spacial score (nSPS) is 11.0. The highest BCUT2D eigenvalue weighted by Crippen LogP contribution is 2.23. The number of nitrogens with zero attached hydrogens (tertiary/aromatic N) is 6. The van der Waals surface area contributed by atoms with E-state index in [0.717, 1.165) is 22.6 Å². The molecule has 4 aromatic rings. The Morgan fingerprint density at radius 1 is 1.09 bits per heavy atom. The third-order valence-corrected chi connectivity index (χ3v) is 3.45. The van der Waals surface area contributed by atoms with Crippen LogP contribution < -0.4 is 4.74 Å². The molecule has 0 saturated carbocycles. The molecule has 4 heterocycles. The molecule has 0 amide bonds. The van der Waals surface area contributed by atoms with E-state index in [-0.39, 0.29) is 0 Å². The predicted octanol–water partition coefficient (Wildman–Crippen LogP) is 2.16. The van der Waals surface area contributed by atoms with Crippen LogP contribution in [0.3, 0.4) is 0 Å². The van der Waals surface area contributed by atoms with Gasteiger partial charge in [-0.2, -0.15) is 4.98 Å². The van der Waals surface area contributed by atoms with Crippen molar-refractivity contribution in [2.75, 3.05) is 7.11 Å². The van der Waals surface area contributed by atoms with E-state index in [0.29, 0.717) is 17.6 Å². The average molecular weight is 308 g/mol. The fourth-order valence-corrected chi connectivity index (χ4v) is 2.22. The summed E-state index contributed by atoms with van der Waals surface area (Å²) in [5.74, 6) is 2.22. The SMILES string of the molecule is COc1ccc(-c2noc(-c3ccc4nnc(C)n4c3)n2)cn1. The van der Waals surface area contributed by atoms with Gasteiger partial charge in [-0.1, -0.05) is 5.16 Å². The standard InChI is InChI=1S/C15H12N6O2/c1-9-18-19-12-5-3-11(8-21(9)12)15-17-14(20-23-15)10-4-6-13(22-2)16-7-10/h3-8H,1-2H3. The lowest BCUT2D eigenvalue weighted by molar-refractivity contribution is 0.398. The van der Waals surface area contributed by atoms with Crippen LogP contribution >= 0.6 is 0 Å². The van der Waals surface area contributed by atoms with Crippen molar-refractivity contribution in [1.29, 1.82) is 0 Å². The number of hydrogen-bond acceptors (Lipinski definition) is 7. The monoisotopic (exact) mass is 308 g/mol. The summed E-state index contributed by atoms with van der Waals surface area (Å²) in [7, 11) is 1.57. The molecule has 0 N–H and O–H groups in total. The summed E-state index contributed by atoms with van der Waals surface area (Å²) in [5, 5.41) is 12.1. The Morgan fingerprint density at radius 3 is 2.74 bits per heavy atom. The Balaban J connectivity index is 1.71. The molecule has 0 fully saturated rings. The maximum absolute atomic E-state index is 5.35. The minimum Gasteiger partial charge on any atom is -0.481 e. The maximum atomic E-state index is 5.35. The van der Waals surface area contributed by atoms with Crippen LogP contribution in [0.5, 0.6) is 5.88 Å². The van der Waals surface area contributed by atoms with E-state index in [1.807, 2.05) is 35.7 Å². The Labute approximate surface area is 130 Å². The van der Waals surface area contributed by atoms with E-state index in [2.05, 4.69) is 25.3 Å². The van der Waals surface area contributed by atoms with E-state index in [4.69, 9.17) is 9.26 Å². The third kappa shape index (κ3) is 2.30. The second-order valence-electron chi connectivity index (χ2n) is 4.91.